The van der Waals surface area contributed by atoms with Crippen LogP contribution in [0.25, 0.3) is 0 Å². The summed E-state index contributed by atoms with van der Waals surface area (Å²) in [6, 6.07) is 12.5. The predicted octanol–water partition coefficient (Wildman–Crippen LogP) is 3.52. The molecule has 0 saturated heterocycles. The number of oxazole rings is 1. The second-order valence-electron chi connectivity index (χ2n) is 8.11. The molecule has 2 heterocycles. The number of benzene rings is 2. The number of fused-ring (bicyclic) bond motifs is 1. The van der Waals surface area contributed by atoms with Crippen molar-refractivity contribution in [3.8, 4) is 11.5 Å². The number of rotatable bonds is 9. The molecular weight excluding hydrogens is 450 g/mol. The summed E-state index contributed by atoms with van der Waals surface area (Å²) in [5.41, 5.74) is 2.09. The van der Waals surface area contributed by atoms with Gasteiger partial charge in [-0.15, -0.1) is 0 Å². The summed E-state index contributed by atoms with van der Waals surface area (Å²) in [5, 5.41) is 0. The SMILES string of the molecule is CCc1cccc(OCC(=O)c2ccc3c(c2)N(Cc2nc(C(=O)N(C)CC)co2)C(=O)CO3)c1. The normalized spacial score (nSPS) is 12.7. The Balaban J connectivity index is 1.51. The summed E-state index contributed by atoms with van der Waals surface area (Å²) >= 11 is 0. The van der Waals surface area contributed by atoms with E-state index in [0.29, 0.717) is 29.3 Å². The Hall–Kier alpha value is -4.14. The van der Waals surface area contributed by atoms with Gasteiger partial charge in [0.05, 0.1) is 5.69 Å². The summed E-state index contributed by atoms with van der Waals surface area (Å²) in [5.74, 6) is 0.472. The Labute approximate surface area is 203 Å². The molecule has 0 spiro atoms. The highest BCUT2D eigenvalue weighted by molar-refractivity contribution is 6.02. The van der Waals surface area contributed by atoms with Gasteiger partial charge < -0.3 is 18.8 Å². The van der Waals surface area contributed by atoms with Gasteiger partial charge in [-0.25, -0.2) is 4.98 Å². The number of hydrogen-bond acceptors (Lipinski definition) is 7. The van der Waals surface area contributed by atoms with Crippen LogP contribution in [0.3, 0.4) is 0 Å². The first-order valence-corrected chi connectivity index (χ1v) is 11.4. The fraction of sp³-hybridized carbons (Fsp3) is 0.308. The van der Waals surface area contributed by atoms with E-state index in [1.54, 1.807) is 31.3 Å². The number of Topliss-reactive ketones (excluding diaryl/α,β-unsaturated/α-hetero) is 1. The molecule has 1 aliphatic rings. The van der Waals surface area contributed by atoms with E-state index in [4.69, 9.17) is 13.9 Å². The zero-order valence-electron chi connectivity index (χ0n) is 19.9. The van der Waals surface area contributed by atoms with Crippen LogP contribution in [0.2, 0.25) is 0 Å². The van der Waals surface area contributed by atoms with Gasteiger partial charge in [0.2, 0.25) is 5.89 Å². The lowest BCUT2D eigenvalue weighted by molar-refractivity contribution is -0.121. The van der Waals surface area contributed by atoms with Crippen LogP contribution in [0, 0.1) is 0 Å². The average molecular weight is 478 g/mol. The van der Waals surface area contributed by atoms with E-state index >= 15 is 0 Å². The summed E-state index contributed by atoms with van der Waals surface area (Å²) in [6.07, 6.45) is 2.15. The molecule has 2 amide bonds. The van der Waals surface area contributed by atoms with Gasteiger partial charge in [-0.05, 0) is 49.2 Å². The fourth-order valence-electron chi connectivity index (χ4n) is 3.59. The molecule has 0 bridgehead atoms. The molecule has 0 fully saturated rings. The largest absolute Gasteiger partial charge is 0.485 e. The number of ether oxygens (including phenoxy) is 2. The number of aryl methyl sites for hydroxylation is 1. The van der Waals surface area contributed by atoms with Crippen molar-refractivity contribution in [1.29, 1.82) is 0 Å². The minimum atomic E-state index is -0.313. The quantitative estimate of drug-likeness (QED) is 0.435. The van der Waals surface area contributed by atoms with Crippen molar-refractivity contribution in [2.75, 3.05) is 31.7 Å². The highest BCUT2D eigenvalue weighted by Crippen LogP contribution is 2.34. The Morgan fingerprint density at radius 1 is 1.17 bits per heavy atom. The number of ketones is 1. The van der Waals surface area contributed by atoms with Crippen molar-refractivity contribution in [1.82, 2.24) is 9.88 Å². The van der Waals surface area contributed by atoms with E-state index in [1.807, 2.05) is 32.0 Å². The number of aromatic nitrogens is 1. The Morgan fingerprint density at radius 2 is 2.00 bits per heavy atom. The van der Waals surface area contributed by atoms with Crippen molar-refractivity contribution >= 4 is 23.3 Å². The van der Waals surface area contributed by atoms with Crippen LogP contribution in [0.4, 0.5) is 5.69 Å². The Kier molecular flexibility index (Phi) is 7.14. The fourth-order valence-corrected chi connectivity index (χ4v) is 3.59. The molecule has 0 saturated carbocycles. The van der Waals surface area contributed by atoms with Gasteiger partial charge in [0.25, 0.3) is 11.8 Å². The first-order chi connectivity index (χ1) is 16.9. The molecule has 4 rings (SSSR count). The number of nitrogens with zero attached hydrogens (tertiary/aromatic N) is 3. The van der Waals surface area contributed by atoms with Gasteiger partial charge in [-0.2, -0.15) is 0 Å². The summed E-state index contributed by atoms with van der Waals surface area (Å²) in [6.45, 7) is 4.14. The van der Waals surface area contributed by atoms with E-state index < -0.39 is 0 Å². The molecule has 182 valence electrons. The van der Waals surface area contributed by atoms with Gasteiger partial charge in [-0.1, -0.05) is 19.1 Å². The van der Waals surface area contributed by atoms with Gasteiger partial charge in [0.1, 0.15) is 24.3 Å². The van der Waals surface area contributed by atoms with Gasteiger partial charge >= 0.3 is 0 Å². The molecule has 0 radical (unpaired) electrons. The van der Waals surface area contributed by atoms with Crippen LogP contribution in [-0.4, -0.2) is 54.3 Å². The van der Waals surface area contributed by atoms with E-state index in [0.717, 1.165) is 12.0 Å². The third-order valence-electron chi connectivity index (χ3n) is 5.79. The van der Waals surface area contributed by atoms with Crippen molar-refractivity contribution < 1.29 is 28.3 Å². The van der Waals surface area contributed by atoms with Crippen LogP contribution in [0.15, 0.2) is 53.1 Å². The molecule has 35 heavy (non-hydrogen) atoms. The molecule has 1 aliphatic heterocycles. The Morgan fingerprint density at radius 3 is 2.77 bits per heavy atom. The lowest BCUT2D eigenvalue weighted by Gasteiger charge is -2.28. The average Bonchev–Trinajstić information content (AvgIpc) is 3.36. The number of carbonyl (C=O) groups is 3. The van der Waals surface area contributed by atoms with Crippen LogP contribution in [0.1, 0.15) is 46.1 Å². The van der Waals surface area contributed by atoms with Crippen LogP contribution in [0.5, 0.6) is 11.5 Å². The van der Waals surface area contributed by atoms with E-state index in [9.17, 15) is 14.4 Å². The zero-order valence-corrected chi connectivity index (χ0v) is 19.9. The molecular formula is C26H27N3O6. The van der Waals surface area contributed by atoms with Gasteiger partial charge in [-0.3, -0.25) is 19.3 Å². The van der Waals surface area contributed by atoms with Crippen LogP contribution >= 0.6 is 0 Å². The van der Waals surface area contributed by atoms with Gasteiger partial charge in [0.15, 0.2) is 24.7 Å². The third kappa shape index (κ3) is 5.34. The molecule has 0 unspecified atom stereocenters. The second-order valence-corrected chi connectivity index (χ2v) is 8.11. The molecule has 1 aromatic heterocycles. The highest BCUT2D eigenvalue weighted by atomic mass is 16.5. The first-order valence-electron chi connectivity index (χ1n) is 11.4. The van der Waals surface area contributed by atoms with Gasteiger partial charge in [0, 0.05) is 19.2 Å². The van der Waals surface area contributed by atoms with Crippen molar-refractivity contribution in [3.63, 3.8) is 0 Å². The van der Waals surface area contributed by atoms with Crippen molar-refractivity contribution in [2.45, 2.75) is 26.8 Å². The maximum atomic E-state index is 12.8. The lowest BCUT2D eigenvalue weighted by atomic mass is 10.1. The molecule has 9 heteroatoms. The second kappa shape index (κ2) is 10.4. The number of anilines is 1. The van der Waals surface area contributed by atoms with E-state index in [-0.39, 0.29) is 48.9 Å². The number of carbonyl (C=O) groups excluding carboxylic acids is 3. The predicted molar refractivity (Wildman–Crippen MR) is 128 cm³/mol. The zero-order chi connectivity index (χ0) is 24.9. The molecule has 9 nitrogen and oxygen atoms in total. The van der Waals surface area contributed by atoms with Crippen LogP contribution in [-0.2, 0) is 17.8 Å². The molecule has 3 aromatic rings. The number of amides is 2. The lowest BCUT2D eigenvalue weighted by Crippen LogP contribution is -2.38. The number of hydrogen-bond donors (Lipinski definition) is 0. The Bertz CT molecular complexity index is 1250. The summed E-state index contributed by atoms with van der Waals surface area (Å²) in [4.78, 5) is 45.0. The minimum absolute atomic E-state index is 0.00370. The monoisotopic (exact) mass is 477 g/mol. The topological polar surface area (TPSA) is 102 Å². The molecule has 2 aromatic carbocycles. The van der Waals surface area contributed by atoms with Crippen LogP contribution < -0.4 is 14.4 Å². The maximum absolute atomic E-state index is 12.8. The summed E-state index contributed by atoms with van der Waals surface area (Å²) < 4.78 is 16.7. The van der Waals surface area contributed by atoms with Crippen molar-refractivity contribution in [2.24, 2.45) is 0 Å². The van der Waals surface area contributed by atoms with Crippen molar-refractivity contribution in [3.05, 3.63) is 71.4 Å². The molecule has 0 N–H and O–H groups in total. The smallest absolute Gasteiger partial charge is 0.275 e. The molecule has 0 aliphatic carbocycles. The highest BCUT2D eigenvalue weighted by Gasteiger charge is 2.28. The standard InChI is InChI=1S/C26H27N3O6/c1-4-17-7-6-8-19(11-17)33-15-22(30)18-9-10-23-21(12-18)29(25(31)16-34-23)13-24-27-20(14-35-24)26(32)28(3)5-2/h6-12,14H,4-5,13,15-16H2,1-3H3. The molecule has 0 atom stereocenters. The first kappa shape index (κ1) is 24.0. The minimum Gasteiger partial charge on any atom is -0.485 e. The maximum Gasteiger partial charge on any atom is 0.275 e. The third-order valence-corrected chi connectivity index (χ3v) is 5.79. The van der Waals surface area contributed by atoms with E-state index in [2.05, 4.69) is 4.98 Å². The summed E-state index contributed by atoms with van der Waals surface area (Å²) in [7, 11) is 1.67. The van der Waals surface area contributed by atoms with E-state index in [1.165, 1.54) is 16.1 Å².